The van der Waals surface area contributed by atoms with Crippen molar-refractivity contribution in [1.82, 2.24) is 9.78 Å². The van der Waals surface area contributed by atoms with Gasteiger partial charge in [0.25, 0.3) is 0 Å². The summed E-state index contributed by atoms with van der Waals surface area (Å²) in [5.74, 6) is 0.627. The second kappa shape index (κ2) is 3.92. The van der Waals surface area contributed by atoms with E-state index in [4.69, 9.17) is 4.74 Å². The van der Waals surface area contributed by atoms with Crippen LogP contribution >= 0.6 is 0 Å². The maximum atomic E-state index is 11.6. The minimum Gasteiger partial charge on any atom is -0.461 e. The van der Waals surface area contributed by atoms with Gasteiger partial charge in [-0.3, -0.25) is 4.68 Å². The van der Waals surface area contributed by atoms with E-state index < -0.39 is 0 Å². The Labute approximate surface area is 88.4 Å². The van der Waals surface area contributed by atoms with Gasteiger partial charge in [0.2, 0.25) is 0 Å². The van der Waals surface area contributed by atoms with Crippen LogP contribution in [0.2, 0.25) is 0 Å². The second-order valence-electron chi connectivity index (χ2n) is 3.55. The maximum absolute atomic E-state index is 11.6. The van der Waals surface area contributed by atoms with Gasteiger partial charge in [-0.15, -0.1) is 0 Å². The SMILES string of the molecule is CCOC(=O)c1nn(C)c2c1CCCN2. The van der Waals surface area contributed by atoms with Crippen molar-refractivity contribution in [1.29, 1.82) is 0 Å². The first-order chi connectivity index (χ1) is 7.24. The molecule has 0 radical (unpaired) electrons. The molecule has 1 aromatic rings. The molecule has 0 fully saturated rings. The molecule has 0 bridgehead atoms. The molecule has 0 aliphatic carbocycles. The van der Waals surface area contributed by atoms with Crippen molar-refractivity contribution in [2.75, 3.05) is 18.5 Å². The Hall–Kier alpha value is -1.52. The van der Waals surface area contributed by atoms with Crippen molar-refractivity contribution in [2.24, 2.45) is 7.05 Å². The van der Waals surface area contributed by atoms with Crippen LogP contribution in [0.4, 0.5) is 5.82 Å². The van der Waals surface area contributed by atoms with Crippen LogP contribution in [-0.2, 0) is 18.2 Å². The molecule has 0 saturated carbocycles. The van der Waals surface area contributed by atoms with Gasteiger partial charge in [-0.05, 0) is 19.8 Å². The Balaban J connectivity index is 2.35. The standard InChI is InChI=1S/C10H15N3O2/c1-3-15-10(14)8-7-5-4-6-11-9(7)13(2)12-8/h11H,3-6H2,1-2H3. The fraction of sp³-hybridized carbons (Fsp3) is 0.600. The lowest BCUT2D eigenvalue weighted by Crippen LogP contribution is -2.15. The second-order valence-corrected chi connectivity index (χ2v) is 3.55. The van der Waals surface area contributed by atoms with Crippen molar-refractivity contribution >= 4 is 11.8 Å². The molecular weight excluding hydrogens is 194 g/mol. The third-order valence-electron chi connectivity index (χ3n) is 2.51. The van der Waals surface area contributed by atoms with E-state index in [0.29, 0.717) is 12.3 Å². The summed E-state index contributed by atoms with van der Waals surface area (Å²) in [5.41, 5.74) is 1.45. The third kappa shape index (κ3) is 1.69. The lowest BCUT2D eigenvalue weighted by molar-refractivity contribution is 0.0517. The molecule has 2 rings (SSSR count). The molecule has 1 aliphatic heterocycles. The Morgan fingerprint density at radius 3 is 3.20 bits per heavy atom. The Morgan fingerprint density at radius 2 is 2.47 bits per heavy atom. The molecule has 1 aliphatic rings. The van der Waals surface area contributed by atoms with Gasteiger partial charge in [0.15, 0.2) is 5.69 Å². The molecule has 5 nitrogen and oxygen atoms in total. The largest absolute Gasteiger partial charge is 0.461 e. The number of carbonyl (C=O) groups excluding carboxylic acids is 1. The summed E-state index contributed by atoms with van der Waals surface area (Å²) < 4.78 is 6.67. The number of hydrogen-bond acceptors (Lipinski definition) is 4. The van der Waals surface area contributed by atoms with Crippen LogP contribution in [0.5, 0.6) is 0 Å². The molecule has 0 saturated heterocycles. The van der Waals surface area contributed by atoms with Crippen molar-refractivity contribution in [3.63, 3.8) is 0 Å². The van der Waals surface area contributed by atoms with E-state index in [9.17, 15) is 4.79 Å². The van der Waals surface area contributed by atoms with Crippen LogP contribution in [0.3, 0.4) is 0 Å². The van der Waals surface area contributed by atoms with E-state index in [1.165, 1.54) is 0 Å². The molecule has 5 heteroatoms. The molecule has 2 heterocycles. The van der Waals surface area contributed by atoms with Gasteiger partial charge in [-0.2, -0.15) is 5.10 Å². The predicted molar refractivity (Wildman–Crippen MR) is 56.0 cm³/mol. The summed E-state index contributed by atoms with van der Waals surface area (Å²) in [6, 6.07) is 0. The van der Waals surface area contributed by atoms with Crippen LogP contribution in [0.15, 0.2) is 0 Å². The average molecular weight is 209 g/mol. The lowest BCUT2D eigenvalue weighted by Gasteiger charge is -2.14. The quantitative estimate of drug-likeness (QED) is 0.737. The highest BCUT2D eigenvalue weighted by molar-refractivity contribution is 5.90. The molecule has 1 N–H and O–H groups in total. The normalized spacial score (nSPS) is 14.3. The van der Waals surface area contributed by atoms with Crippen molar-refractivity contribution in [3.05, 3.63) is 11.3 Å². The number of aryl methyl sites for hydroxylation is 1. The molecule has 0 spiro atoms. The number of carbonyl (C=O) groups is 1. The summed E-state index contributed by atoms with van der Waals surface area (Å²) in [6.07, 6.45) is 1.93. The number of nitrogens with one attached hydrogen (secondary N) is 1. The smallest absolute Gasteiger partial charge is 0.359 e. The van der Waals surface area contributed by atoms with Crippen LogP contribution < -0.4 is 5.32 Å². The molecule has 0 unspecified atom stereocenters. The van der Waals surface area contributed by atoms with Gasteiger partial charge in [-0.25, -0.2) is 4.79 Å². The fourth-order valence-electron chi connectivity index (χ4n) is 1.86. The zero-order valence-electron chi connectivity index (χ0n) is 9.04. The van der Waals surface area contributed by atoms with E-state index in [2.05, 4.69) is 10.4 Å². The summed E-state index contributed by atoms with van der Waals surface area (Å²) in [6.45, 7) is 3.12. The highest BCUT2D eigenvalue weighted by Gasteiger charge is 2.24. The predicted octanol–water partition coefficient (Wildman–Crippen LogP) is 0.955. The summed E-state index contributed by atoms with van der Waals surface area (Å²) in [4.78, 5) is 11.6. The topological polar surface area (TPSA) is 56.1 Å². The number of rotatable bonds is 2. The Kier molecular flexibility index (Phi) is 2.62. The minimum atomic E-state index is -0.321. The molecule has 1 aromatic heterocycles. The number of nitrogens with zero attached hydrogens (tertiary/aromatic N) is 2. The fourth-order valence-corrected chi connectivity index (χ4v) is 1.86. The lowest BCUT2D eigenvalue weighted by atomic mass is 10.1. The van der Waals surface area contributed by atoms with E-state index >= 15 is 0 Å². The molecular formula is C10H15N3O2. The Bertz CT molecular complexity index is 384. The van der Waals surface area contributed by atoms with E-state index in [1.807, 2.05) is 7.05 Å². The molecule has 15 heavy (non-hydrogen) atoms. The summed E-state index contributed by atoms with van der Waals surface area (Å²) in [5, 5.41) is 7.43. The summed E-state index contributed by atoms with van der Waals surface area (Å²) in [7, 11) is 1.83. The van der Waals surface area contributed by atoms with Gasteiger partial charge in [0.1, 0.15) is 5.82 Å². The molecule has 0 amide bonds. The minimum absolute atomic E-state index is 0.321. The van der Waals surface area contributed by atoms with Gasteiger partial charge < -0.3 is 10.1 Å². The van der Waals surface area contributed by atoms with Crippen LogP contribution in [0.25, 0.3) is 0 Å². The monoisotopic (exact) mass is 209 g/mol. The zero-order chi connectivity index (χ0) is 10.8. The molecule has 82 valence electrons. The first kappa shape index (κ1) is 10.0. The highest BCUT2D eigenvalue weighted by atomic mass is 16.5. The van der Waals surface area contributed by atoms with E-state index in [0.717, 1.165) is 30.8 Å². The number of fused-ring (bicyclic) bond motifs is 1. The van der Waals surface area contributed by atoms with Gasteiger partial charge >= 0.3 is 5.97 Å². The van der Waals surface area contributed by atoms with Crippen molar-refractivity contribution in [3.8, 4) is 0 Å². The van der Waals surface area contributed by atoms with E-state index in [1.54, 1.807) is 11.6 Å². The first-order valence-electron chi connectivity index (χ1n) is 5.21. The van der Waals surface area contributed by atoms with Crippen molar-refractivity contribution in [2.45, 2.75) is 19.8 Å². The zero-order valence-corrected chi connectivity index (χ0v) is 9.04. The number of esters is 1. The number of anilines is 1. The van der Waals surface area contributed by atoms with Crippen LogP contribution in [-0.4, -0.2) is 28.9 Å². The van der Waals surface area contributed by atoms with E-state index in [-0.39, 0.29) is 5.97 Å². The summed E-state index contributed by atoms with van der Waals surface area (Å²) >= 11 is 0. The maximum Gasteiger partial charge on any atom is 0.359 e. The van der Waals surface area contributed by atoms with Gasteiger partial charge in [0, 0.05) is 19.2 Å². The number of aromatic nitrogens is 2. The van der Waals surface area contributed by atoms with Crippen LogP contribution in [0.1, 0.15) is 29.4 Å². The third-order valence-corrected chi connectivity index (χ3v) is 2.51. The van der Waals surface area contributed by atoms with Crippen LogP contribution in [0, 0.1) is 0 Å². The van der Waals surface area contributed by atoms with Gasteiger partial charge in [0.05, 0.1) is 6.61 Å². The molecule has 0 aromatic carbocycles. The average Bonchev–Trinajstić information content (AvgIpc) is 2.58. The molecule has 0 atom stereocenters. The number of ether oxygens (including phenoxy) is 1. The Morgan fingerprint density at radius 1 is 1.67 bits per heavy atom. The highest BCUT2D eigenvalue weighted by Crippen LogP contribution is 2.24. The van der Waals surface area contributed by atoms with Gasteiger partial charge in [-0.1, -0.05) is 0 Å². The number of hydrogen-bond donors (Lipinski definition) is 1. The van der Waals surface area contributed by atoms with Crippen molar-refractivity contribution < 1.29 is 9.53 Å². The first-order valence-corrected chi connectivity index (χ1v) is 5.21.